The van der Waals surface area contributed by atoms with Gasteiger partial charge >= 0.3 is 5.97 Å². The van der Waals surface area contributed by atoms with Crippen molar-refractivity contribution in [2.24, 2.45) is 28.8 Å². The number of likely N-dealkylation sites (N-methyl/N-ethyl adjacent to an activating group) is 1. The summed E-state index contributed by atoms with van der Waals surface area (Å²) in [6, 6.07) is 9.20. The monoisotopic (exact) mass is 779 g/mol. The molecule has 1 unspecified atom stereocenters. The van der Waals surface area contributed by atoms with Crippen LogP contribution in [0.15, 0.2) is 71.6 Å². The minimum absolute atomic E-state index is 0.0318. The van der Waals surface area contributed by atoms with Crippen molar-refractivity contribution in [3.05, 3.63) is 72.0 Å². The van der Waals surface area contributed by atoms with E-state index in [-0.39, 0.29) is 32.0 Å². The number of para-hydroxylation sites is 1. The number of allylic oxidation sites excluding steroid dienone is 3. The normalized spacial score (nSPS) is 35.0. The van der Waals surface area contributed by atoms with Crippen LogP contribution in [0.4, 0.5) is 0 Å². The smallest absolute Gasteiger partial charge is 0.308 e. The van der Waals surface area contributed by atoms with Gasteiger partial charge in [0.2, 0.25) is 0 Å². The molecule has 4 N–H and O–H groups in total. The Morgan fingerprint density at radius 1 is 1.09 bits per heavy atom. The third-order valence-corrected chi connectivity index (χ3v) is 10.9. The first kappa shape index (κ1) is 44.9. The van der Waals surface area contributed by atoms with Crippen LogP contribution in [0.1, 0.15) is 65.9 Å². The SMILES string of the molecule is CC[C@H]1OC(=O)C[C@@H](O)[C@H](C)[C@@H](O[C@@H]2O[C@H](C)[C@@H](O)[C@H](N(C)C)[C@H]2O)[C@@H](CC=O)C[C@@H](C)C(=N/OC/C=C\c2cnc3ccccc3c2)/C=C/C(C)=C/C1CO. The number of aromatic nitrogens is 1. The van der Waals surface area contributed by atoms with Crippen molar-refractivity contribution in [3.63, 3.8) is 0 Å². The fraction of sp³-hybridized carbons (Fsp3) is 0.581. The number of aliphatic hydroxyl groups is 4. The summed E-state index contributed by atoms with van der Waals surface area (Å²) in [5.41, 5.74) is 3.20. The van der Waals surface area contributed by atoms with Crippen molar-refractivity contribution in [1.82, 2.24) is 9.88 Å². The number of ether oxygens (including phenoxy) is 3. The second kappa shape index (κ2) is 21.6. The van der Waals surface area contributed by atoms with Crippen molar-refractivity contribution in [3.8, 4) is 0 Å². The average Bonchev–Trinajstić information content (AvgIpc) is 3.17. The molecule has 2 aliphatic heterocycles. The number of oxime groups is 1. The van der Waals surface area contributed by atoms with Crippen LogP contribution in [-0.4, -0.2) is 125 Å². The predicted molar refractivity (Wildman–Crippen MR) is 214 cm³/mol. The first-order valence-electron chi connectivity index (χ1n) is 19.6. The van der Waals surface area contributed by atoms with Gasteiger partial charge in [-0.2, -0.15) is 0 Å². The highest BCUT2D eigenvalue weighted by Crippen LogP contribution is 2.34. The van der Waals surface area contributed by atoms with E-state index in [1.807, 2.05) is 81.5 Å². The largest absolute Gasteiger partial charge is 0.462 e. The maximum atomic E-state index is 13.2. The lowest BCUT2D eigenvalue weighted by Gasteiger charge is -2.46. The van der Waals surface area contributed by atoms with Crippen LogP contribution in [-0.2, 0) is 28.6 Å². The van der Waals surface area contributed by atoms with Crippen LogP contribution < -0.4 is 0 Å². The third kappa shape index (κ3) is 12.1. The van der Waals surface area contributed by atoms with Gasteiger partial charge in [-0.3, -0.25) is 9.78 Å². The Bertz CT molecular complexity index is 1690. The molecule has 2 aliphatic rings. The molecule has 0 aliphatic carbocycles. The molecular weight excluding hydrogens is 718 g/mol. The van der Waals surface area contributed by atoms with E-state index in [2.05, 4.69) is 10.1 Å². The quantitative estimate of drug-likeness (QED) is 0.109. The lowest BCUT2D eigenvalue weighted by Crippen LogP contribution is -2.63. The number of aliphatic hydroxyl groups excluding tert-OH is 4. The highest BCUT2D eigenvalue weighted by molar-refractivity contribution is 5.96. The molecule has 0 saturated carbocycles. The molecule has 308 valence electrons. The van der Waals surface area contributed by atoms with Crippen molar-refractivity contribution in [2.75, 3.05) is 27.3 Å². The number of rotatable bonds is 11. The van der Waals surface area contributed by atoms with Crippen LogP contribution in [0.2, 0.25) is 0 Å². The lowest BCUT2D eigenvalue weighted by molar-refractivity contribution is -0.304. The number of carbonyl (C=O) groups excluding carboxylic acids is 2. The van der Waals surface area contributed by atoms with Gasteiger partial charge in [-0.15, -0.1) is 0 Å². The Labute approximate surface area is 330 Å². The number of hydrogen-bond acceptors (Lipinski definition) is 13. The second-order valence-corrected chi connectivity index (χ2v) is 15.4. The van der Waals surface area contributed by atoms with E-state index in [1.165, 1.54) is 0 Å². The molecule has 0 bridgehead atoms. The molecule has 3 heterocycles. The van der Waals surface area contributed by atoms with E-state index in [4.69, 9.17) is 19.0 Å². The summed E-state index contributed by atoms with van der Waals surface area (Å²) < 4.78 is 18.4. The van der Waals surface area contributed by atoms with Crippen molar-refractivity contribution < 1.29 is 49.1 Å². The van der Waals surface area contributed by atoms with Gasteiger partial charge < -0.3 is 49.2 Å². The summed E-state index contributed by atoms with van der Waals surface area (Å²) in [5.74, 6) is -2.74. The van der Waals surface area contributed by atoms with Gasteiger partial charge in [0.15, 0.2) is 6.29 Å². The Hall–Kier alpha value is -3.82. The minimum Gasteiger partial charge on any atom is -0.462 e. The maximum Gasteiger partial charge on any atom is 0.308 e. The molecule has 56 heavy (non-hydrogen) atoms. The Kier molecular flexibility index (Phi) is 17.3. The Morgan fingerprint density at radius 2 is 1.84 bits per heavy atom. The van der Waals surface area contributed by atoms with E-state index in [0.29, 0.717) is 18.6 Å². The van der Waals surface area contributed by atoms with E-state index in [0.717, 1.165) is 28.3 Å². The van der Waals surface area contributed by atoms with Crippen LogP contribution in [0.3, 0.4) is 0 Å². The van der Waals surface area contributed by atoms with E-state index >= 15 is 0 Å². The van der Waals surface area contributed by atoms with Gasteiger partial charge in [0.05, 0.1) is 54.7 Å². The first-order chi connectivity index (χ1) is 26.8. The fourth-order valence-electron chi connectivity index (χ4n) is 7.58. The number of pyridine rings is 1. The molecular formula is C43H61N3O10. The number of aldehydes is 1. The van der Waals surface area contributed by atoms with Gasteiger partial charge in [-0.25, -0.2) is 0 Å². The number of fused-ring (bicyclic) bond motifs is 1. The molecule has 2 aromatic rings. The number of esters is 1. The molecule has 0 radical (unpaired) electrons. The van der Waals surface area contributed by atoms with Gasteiger partial charge in [0.25, 0.3) is 0 Å². The number of benzene rings is 1. The second-order valence-electron chi connectivity index (χ2n) is 15.4. The molecule has 1 fully saturated rings. The van der Waals surface area contributed by atoms with Crippen molar-refractivity contribution in [2.45, 2.75) is 109 Å². The predicted octanol–water partition coefficient (Wildman–Crippen LogP) is 4.47. The highest BCUT2D eigenvalue weighted by atomic mass is 16.7. The molecule has 4 rings (SSSR count). The zero-order chi connectivity index (χ0) is 40.9. The van der Waals surface area contributed by atoms with Crippen molar-refractivity contribution in [1.29, 1.82) is 0 Å². The summed E-state index contributed by atoms with van der Waals surface area (Å²) in [7, 11) is 3.48. The first-order valence-corrected chi connectivity index (χ1v) is 19.6. The zero-order valence-corrected chi connectivity index (χ0v) is 33.7. The molecule has 0 amide bonds. The minimum atomic E-state index is -1.28. The average molecular weight is 780 g/mol. The van der Waals surface area contributed by atoms with E-state index in [9.17, 15) is 30.0 Å². The summed E-state index contributed by atoms with van der Waals surface area (Å²) >= 11 is 0. The maximum absolute atomic E-state index is 13.2. The number of nitrogens with zero attached hydrogens (tertiary/aromatic N) is 3. The Morgan fingerprint density at radius 3 is 2.54 bits per heavy atom. The molecule has 12 atom stereocenters. The molecule has 1 aromatic heterocycles. The van der Waals surface area contributed by atoms with Crippen LogP contribution in [0.5, 0.6) is 0 Å². The lowest BCUT2D eigenvalue weighted by atomic mass is 9.79. The third-order valence-electron chi connectivity index (χ3n) is 10.9. The van der Waals surface area contributed by atoms with Crippen LogP contribution in [0.25, 0.3) is 17.0 Å². The summed E-state index contributed by atoms with van der Waals surface area (Å²) in [6.07, 6.45) is 5.29. The van der Waals surface area contributed by atoms with E-state index in [1.54, 1.807) is 39.0 Å². The Balaban J connectivity index is 1.69. The molecule has 13 heteroatoms. The zero-order valence-electron chi connectivity index (χ0n) is 33.7. The molecule has 1 saturated heterocycles. The molecule has 1 aromatic carbocycles. The molecule has 0 spiro atoms. The topological polar surface area (TPSA) is 180 Å². The number of cyclic esters (lactones) is 1. The highest BCUT2D eigenvalue weighted by Gasteiger charge is 2.47. The standard InChI is InChI=1S/C43H61N3O10/c1-8-37-33(25-48)20-26(2)15-16-34(45-53-19-11-12-30-22-31-13-9-10-14-35(31)44-24-30)27(3)21-32(17-18-47)42(28(4)36(49)23-38(50)55-37)56-43-41(52)39(46(6)7)40(51)29(5)54-43/h9-16,18,20,22,24,27-29,32-33,36-37,39-43,48-49,51-52H,8,17,19,21,23,25H2,1-7H3/b12-11-,16-15+,26-20+,45-34+/t27-,28+,29-,32+,33?,36-,37-,39+,40-,41-,42-,43+/m1/s1. The van der Waals surface area contributed by atoms with Crippen LogP contribution in [0, 0.1) is 23.7 Å². The van der Waals surface area contributed by atoms with Crippen molar-refractivity contribution >= 4 is 34.9 Å². The van der Waals surface area contributed by atoms with Crippen LogP contribution >= 0.6 is 0 Å². The van der Waals surface area contributed by atoms with Gasteiger partial charge in [-0.05, 0) is 76.6 Å². The number of carbonyl (C=O) groups is 2. The van der Waals surface area contributed by atoms with E-state index < -0.39 is 72.7 Å². The number of hydrogen-bond donors (Lipinski definition) is 4. The summed E-state index contributed by atoms with van der Waals surface area (Å²) in [4.78, 5) is 37.6. The molecule has 13 nitrogen and oxygen atoms in total. The fourth-order valence-corrected chi connectivity index (χ4v) is 7.58. The van der Waals surface area contributed by atoms with Gasteiger partial charge in [-0.1, -0.05) is 67.9 Å². The van der Waals surface area contributed by atoms with Gasteiger partial charge in [0.1, 0.15) is 25.1 Å². The van der Waals surface area contributed by atoms with Gasteiger partial charge in [0, 0.05) is 35.8 Å². The summed E-state index contributed by atoms with van der Waals surface area (Å²) in [5, 5.41) is 49.6. The summed E-state index contributed by atoms with van der Waals surface area (Å²) in [6.45, 7) is 9.00.